The first-order valence-corrected chi connectivity index (χ1v) is 8.29. The summed E-state index contributed by atoms with van der Waals surface area (Å²) >= 11 is 1.53. The van der Waals surface area contributed by atoms with E-state index in [1.54, 1.807) is 0 Å². The molecule has 0 aromatic carbocycles. The van der Waals surface area contributed by atoms with Gasteiger partial charge in [0.25, 0.3) is 0 Å². The number of rotatable bonds is 3. The van der Waals surface area contributed by atoms with Gasteiger partial charge in [-0.2, -0.15) is 0 Å². The third-order valence-electron chi connectivity index (χ3n) is 4.21. The summed E-state index contributed by atoms with van der Waals surface area (Å²) in [6.07, 6.45) is 7.47. The van der Waals surface area contributed by atoms with Crippen molar-refractivity contribution in [3.05, 3.63) is 10.4 Å². The van der Waals surface area contributed by atoms with Crippen LogP contribution in [0, 0.1) is 0 Å². The Morgan fingerprint density at radius 3 is 2.45 bits per heavy atom. The molecule has 1 aromatic rings. The molecule has 110 valence electrons. The first kappa shape index (κ1) is 13.7. The van der Waals surface area contributed by atoms with E-state index in [0.29, 0.717) is 16.5 Å². The molecule has 0 amide bonds. The molecule has 1 saturated carbocycles. The number of nitrogens with zero attached hydrogens (tertiary/aromatic N) is 1. The summed E-state index contributed by atoms with van der Waals surface area (Å²) in [7, 11) is 1.42. The molecule has 1 aliphatic carbocycles. The van der Waals surface area contributed by atoms with Crippen LogP contribution in [-0.2, 0) is 4.74 Å². The molecule has 20 heavy (non-hydrogen) atoms. The Balaban J connectivity index is 1.97. The first-order valence-electron chi connectivity index (χ1n) is 7.47. The van der Waals surface area contributed by atoms with Crippen LogP contribution in [0.25, 0.3) is 0 Å². The van der Waals surface area contributed by atoms with Crippen LogP contribution in [0.4, 0.5) is 10.7 Å². The Morgan fingerprint density at radius 2 is 1.90 bits per heavy atom. The fourth-order valence-electron chi connectivity index (χ4n) is 2.96. The van der Waals surface area contributed by atoms with Gasteiger partial charge in [0, 0.05) is 18.7 Å². The second kappa shape index (κ2) is 5.64. The maximum atomic E-state index is 11.9. The van der Waals surface area contributed by atoms with Gasteiger partial charge in [-0.15, -0.1) is 11.3 Å². The Hall–Kier alpha value is -1.23. The maximum Gasteiger partial charge on any atom is 0.350 e. The molecule has 0 radical (unpaired) electrons. The minimum absolute atomic E-state index is 0.296. The van der Waals surface area contributed by atoms with Crippen molar-refractivity contribution in [3.8, 4) is 0 Å². The SMILES string of the molecule is COC(=O)c1sc(N2CCCCCC2)c(C2CC2)c1N. The lowest BCUT2D eigenvalue weighted by Gasteiger charge is -2.22. The molecule has 2 aliphatic rings. The van der Waals surface area contributed by atoms with E-state index >= 15 is 0 Å². The van der Waals surface area contributed by atoms with Gasteiger partial charge in [0.1, 0.15) is 4.88 Å². The van der Waals surface area contributed by atoms with E-state index in [1.165, 1.54) is 67.5 Å². The second-order valence-electron chi connectivity index (χ2n) is 5.73. The molecule has 1 aromatic heterocycles. The summed E-state index contributed by atoms with van der Waals surface area (Å²) in [4.78, 5) is 14.9. The second-order valence-corrected chi connectivity index (χ2v) is 6.73. The van der Waals surface area contributed by atoms with E-state index in [4.69, 9.17) is 10.5 Å². The summed E-state index contributed by atoms with van der Waals surface area (Å²) in [5.41, 5.74) is 8.14. The predicted molar refractivity (Wildman–Crippen MR) is 82.7 cm³/mol. The number of methoxy groups -OCH3 is 1. The van der Waals surface area contributed by atoms with Crippen LogP contribution >= 0.6 is 11.3 Å². The average Bonchev–Trinajstić information content (AvgIpc) is 3.26. The summed E-state index contributed by atoms with van der Waals surface area (Å²) in [5, 5.41) is 1.23. The van der Waals surface area contributed by atoms with Crippen molar-refractivity contribution in [2.24, 2.45) is 0 Å². The summed E-state index contributed by atoms with van der Waals surface area (Å²) < 4.78 is 4.87. The van der Waals surface area contributed by atoms with Crippen molar-refractivity contribution in [2.75, 3.05) is 30.8 Å². The predicted octanol–water partition coefficient (Wildman–Crippen LogP) is 3.37. The van der Waals surface area contributed by atoms with Crippen molar-refractivity contribution >= 4 is 28.0 Å². The number of ether oxygens (including phenoxy) is 1. The topological polar surface area (TPSA) is 55.6 Å². The molecule has 2 N–H and O–H groups in total. The third-order valence-corrected chi connectivity index (χ3v) is 5.48. The van der Waals surface area contributed by atoms with Gasteiger partial charge in [0.2, 0.25) is 0 Å². The number of hydrogen-bond donors (Lipinski definition) is 1. The Labute approximate surface area is 123 Å². The number of hydrogen-bond acceptors (Lipinski definition) is 5. The number of carbonyl (C=O) groups excluding carboxylic acids is 1. The number of esters is 1. The summed E-state index contributed by atoms with van der Waals surface area (Å²) in [5.74, 6) is 0.262. The lowest BCUT2D eigenvalue weighted by atomic mass is 10.1. The Kier molecular flexibility index (Phi) is 3.87. The molecule has 2 fully saturated rings. The van der Waals surface area contributed by atoms with Gasteiger partial charge < -0.3 is 15.4 Å². The highest BCUT2D eigenvalue weighted by molar-refractivity contribution is 7.18. The lowest BCUT2D eigenvalue weighted by Crippen LogP contribution is -2.23. The minimum atomic E-state index is -0.296. The van der Waals surface area contributed by atoms with Crippen LogP contribution in [0.1, 0.15) is 59.7 Å². The number of carbonyl (C=O) groups is 1. The van der Waals surface area contributed by atoms with Crippen molar-refractivity contribution in [3.63, 3.8) is 0 Å². The number of anilines is 2. The largest absolute Gasteiger partial charge is 0.465 e. The zero-order valence-electron chi connectivity index (χ0n) is 12.0. The third kappa shape index (κ3) is 2.51. The van der Waals surface area contributed by atoms with Gasteiger partial charge in [0.05, 0.1) is 17.8 Å². The maximum absolute atomic E-state index is 11.9. The minimum Gasteiger partial charge on any atom is -0.465 e. The van der Waals surface area contributed by atoms with Crippen LogP contribution in [0.15, 0.2) is 0 Å². The highest BCUT2D eigenvalue weighted by atomic mass is 32.1. The standard InChI is InChI=1S/C15H22N2O2S/c1-19-15(18)13-12(16)11(10-6-7-10)14(20-13)17-8-4-2-3-5-9-17/h10H,2-9,16H2,1H3. The van der Waals surface area contributed by atoms with Crippen LogP contribution in [0.3, 0.4) is 0 Å². The zero-order chi connectivity index (χ0) is 14.1. The van der Waals surface area contributed by atoms with E-state index in [0.717, 1.165) is 13.1 Å². The van der Waals surface area contributed by atoms with E-state index in [9.17, 15) is 4.79 Å². The summed E-state index contributed by atoms with van der Waals surface area (Å²) in [6.45, 7) is 2.17. The zero-order valence-corrected chi connectivity index (χ0v) is 12.8. The molecule has 0 atom stereocenters. The van der Waals surface area contributed by atoms with Crippen LogP contribution < -0.4 is 10.6 Å². The molecule has 3 rings (SSSR count). The van der Waals surface area contributed by atoms with Crippen molar-refractivity contribution < 1.29 is 9.53 Å². The fourth-order valence-corrected chi connectivity index (χ4v) is 4.24. The van der Waals surface area contributed by atoms with Crippen LogP contribution in [0.2, 0.25) is 0 Å². The van der Waals surface area contributed by atoms with Gasteiger partial charge in [-0.25, -0.2) is 4.79 Å². The normalized spacial score (nSPS) is 19.8. The number of nitrogen functional groups attached to an aromatic ring is 1. The van der Waals surface area contributed by atoms with Crippen molar-refractivity contribution in [1.29, 1.82) is 0 Å². The van der Waals surface area contributed by atoms with Gasteiger partial charge in [-0.3, -0.25) is 0 Å². The fraction of sp³-hybridized carbons (Fsp3) is 0.667. The highest BCUT2D eigenvalue weighted by Gasteiger charge is 2.34. The molecule has 5 heteroatoms. The van der Waals surface area contributed by atoms with Crippen LogP contribution in [-0.4, -0.2) is 26.2 Å². The quantitative estimate of drug-likeness (QED) is 0.868. The monoisotopic (exact) mass is 294 g/mol. The smallest absolute Gasteiger partial charge is 0.350 e. The van der Waals surface area contributed by atoms with Gasteiger partial charge in [0.15, 0.2) is 0 Å². The molecule has 0 spiro atoms. The Bertz CT molecular complexity index is 500. The molecular formula is C15H22N2O2S. The highest BCUT2D eigenvalue weighted by Crippen LogP contribution is 2.52. The lowest BCUT2D eigenvalue weighted by molar-refractivity contribution is 0.0607. The molecular weight excluding hydrogens is 272 g/mol. The van der Waals surface area contributed by atoms with E-state index < -0.39 is 0 Å². The Morgan fingerprint density at radius 1 is 1.25 bits per heavy atom. The number of nitrogens with two attached hydrogens (primary N) is 1. The summed E-state index contributed by atoms with van der Waals surface area (Å²) in [6, 6.07) is 0. The van der Waals surface area contributed by atoms with Gasteiger partial charge in [-0.1, -0.05) is 12.8 Å². The van der Waals surface area contributed by atoms with Crippen LogP contribution in [0.5, 0.6) is 0 Å². The molecule has 1 saturated heterocycles. The van der Waals surface area contributed by atoms with E-state index in [1.807, 2.05) is 0 Å². The molecule has 4 nitrogen and oxygen atoms in total. The first-order chi connectivity index (χ1) is 9.72. The molecule has 0 bridgehead atoms. The molecule has 0 unspecified atom stereocenters. The van der Waals surface area contributed by atoms with Gasteiger partial charge in [-0.05, 0) is 31.6 Å². The number of thiophene rings is 1. The molecule has 2 heterocycles. The van der Waals surface area contributed by atoms with Crippen molar-refractivity contribution in [1.82, 2.24) is 0 Å². The molecule has 1 aliphatic heterocycles. The average molecular weight is 294 g/mol. The van der Waals surface area contributed by atoms with E-state index in [-0.39, 0.29) is 5.97 Å². The van der Waals surface area contributed by atoms with Gasteiger partial charge >= 0.3 is 5.97 Å². The van der Waals surface area contributed by atoms with E-state index in [2.05, 4.69) is 4.90 Å². The van der Waals surface area contributed by atoms with Crippen molar-refractivity contribution in [2.45, 2.75) is 44.4 Å².